The van der Waals surface area contributed by atoms with E-state index < -0.39 is 30.2 Å². The number of carbonyl (C=O) groups excluding carboxylic acids is 2. The molecule has 234 valence electrons. The lowest BCUT2D eigenvalue weighted by Gasteiger charge is -2.31. The summed E-state index contributed by atoms with van der Waals surface area (Å²) in [5.74, 6) is -1.22. The highest BCUT2D eigenvalue weighted by molar-refractivity contribution is 5.94. The third-order valence-electron chi connectivity index (χ3n) is 8.28. The van der Waals surface area contributed by atoms with Crippen molar-refractivity contribution in [2.75, 3.05) is 13.7 Å². The zero-order valence-corrected chi connectivity index (χ0v) is 25.7. The predicted octanol–water partition coefficient (Wildman–Crippen LogP) is 5.14. The van der Waals surface area contributed by atoms with E-state index in [4.69, 9.17) is 9.47 Å². The van der Waals surface area contributed by atoms with E-state index in [2.05, 4.69) is 5.32 Å². The van der Waals surface area contributed by atoms with Gasteiger partial charge < -0.3 is 30.1 Å². The first-order chi connectivity index (χ1) is 20.6. The number of ether oxygens (including phenoxy) is 2. The Morgan fingerprint density at radius 2 is 1.86 bits per heavy atom. The number of benzene rings is 2. The molecule has 1 aliphatic heterocycles. The lowest BCUT2D eigenvalue weighted by atomic mass is 9.85. The first-order valence-corrected chi connectivity index (χ1v) is 15.2. The van der Waals surface area contributed by atoms with Crippen LogP contribution in [0.2, 0.25) is 0 Å². The van der Waals surface area contributed by atoms with Gasteiger partial charge in [0.1, 0.15) is 23.2 Å². The number of aryl methyl sites for hydroxylation is 1. The van der Waals surface area contributed by atoms with Gasteiger partial charge in [-0.3, -0.25) is 4.79 Å². The number of aliphatic hydroxyl groups is 2. The third-order valence-corrected chi connectivity index (χ3v) is 8.28. The maximum atomic E-state index is 13.4. The standard InChI is InChI=1S/C35H47NO7/c1-23-12-8-9-16-31(43-35(41)33-27(21-29(23)37)20-28(42-4)22-30(33)38)25(3)34(40)24(2)13-10-11-19-36-32(39)18-17-26-14-6-5-7-15-26/h5-11,14-15,20,22-25,29,31,34,37-38,40H,12-13,16-19,21H2,1-4H3,(H,36,39)/b9-8-,11-10-/t23-,24+,25+,29+,31-,34+/m0/s1. The van der Waals surface area contributed by atoms with Crippen LogP contribution in [0.15, 0.2) is 66.8 Å². The van der Waals surface area contributed by atoms with E-state index >= 15 is 0 Å². The van der Waals surface area contributed by atoms with Gasteiger partial charge in [-0.25, -0.2) is 4.79 Å². The average molecular weight is 594 g/mol. The Balaban J connectivity index is 1.61. The minimum atomic E-state index is -0.770. The third kappa shape index (κ3) is 10.3. The summed E-state index contributed by atoms with van der Waals surface area (Å²) in [6.07, 6.45) is 8.47. The van der Waals surface area contributed by atoms with Crippen molar-refractivity contribution < 1.29 is 34.4 Å². The van der Waals surface area contributed by atoms with E-state index in [1.54, 1.807) is 6.07 Å². The van der Waals surface area contributed by atoms with Crippen LogP contribution >= 0.6 is 0 Å². The molecule has 4 N–H and O–H groups in total. The fraction of sp³-hybridized carbons (Fsp3) is 0.486. The number of amides is 1. The number of phenolic OH excluding ortho intramolecular Hbond substituents is 1. The SMILES string of the molecule is COc1cc(O)c2c(c1)C[C@@H](O)[C@@H](C)C/C=C\C[C@@H]([C@@H](C)[C@H](O)[C@H](C)C/C=C\CNC(=O)CCc1ccccc1)OC2=O. The summed E-state index contributed by atoms with van der Waals surface area (Å²) in [5.41, 5.74) is 1.58. The predicted molar refractivity (Wildman–Crippen MR) is 167 cm³/mol. The second-order valence-electron chi connectivity index (χ2n) is 11.6. The maximum absolute atomic E-state index is 13.4. The second kappa shape index (κ2) is 16.9. The van der Waals surface area contributed by atoms with Crippen molar-refractivity contribution in [3.8, 4) is 11.5 Å². The Kier molecular flexibility index (Phi) is 13.3. The molecular formula is C35H47NO7. The highest BCUT2D eigenvalue weighted by atomic mass is 16.5. The number of hydrogen-bond acceptors (Lipinski definition) is 7. The number of nitrogens with one attached hydrogen (secondary N) is 1. The maximum Gasteiger partial charge on any atom is 0.342 e. The Morgan fingerprint density at radius 3 is 2.58 bits per heavy atom. The summed E-state index contributed by atoms with van der Waals surface area (Å²) in [6, 6.07) is 12.9. The molecule has 1 aliphatic rings. The molecule has 0 spiro atoms. The van der Waals surface area contributed by atoms with Crippen molar-refractivity contribution in [2.24, 2.45) is 17.8 Å². The van der Waals surface area contributed by atoms with E-state index in [9.17, 15) is 24.9 Å². The van der Waals surface area contributed by atoms with Crippen LogP contribution in [0.25, 0.3) is 0 Å². The molecule has 8 heteroatoms. The molecule has 0 aromatic heterocycles. The molecule has 0 saturated heterocycles. The van der Waals surface area contributed by atoms with Crippen molar-refractivity contribution in [1.29, 1.82) is 0 Å². The number of esters is 1. The Morgan fingerprint density at radius 1 is 1.14 bits per heavy atom. The molecule has 1 heterocycles. The zero-order valence-electron chi connectivity index (χ0n) is 25.7. The van der Waals surface area contributed by atoms with Crippen molar-refractivity contribution in [3.63, 3.8) is 0 Å². The van der Waals surface area contributed by atoms with Gasteiger partial charge in [0, 0.05) is 31.4 Å². The minimum Gasteiger partial charge on any atom is -0.507 e. The van der Waals surface area contributed by atoms with Gasteiger partial charge in [0.15, 0.2) is 0 Å². The molecule has 3 rings (SSSR count). The van der Waals surface area contributed by atoms with Gasteiger partial charge in [-0.15, -0.1) is 0 Å². The van der Waals surface area contributed by atoms with E-state index in [0.717, 1.165) is 5.56 Å². The monoisotopic (exact) mass is 593 g/mol. The summed E-state index contributed by atoms with van der Waals surface area (Å²) >= 11 is 0. The Hall–Kier alpha value is -3.62. The number of fused-ring (bicyclic) bond motifs is 1. The Bertz CT molecular complexity index is 1240. The van der Waals surface area contributed by atoms with Crippen LogP contribution in [0.5, 0.6) is 11.5 Å². The lowest BCUT2D eigenvalue weighted by molar-refractivity contribution is -0.120. The molecule has 0 bridgehead atoms. The van der Waals surface area contributed by atoms with E-state index in [1.165, 1.54) is 13.2 Å². The normalized spacial score (nSPS) is 22.3. The number of aliphatic hydroxyl groups excluding tert-OH is 2. The number of methoxy groups -OCH3 is 1. The number of carbonyl (C=O) groups is 2. The smallest absolute Gasteiger partial charge is 0.342 e. The first kappa shape index (κ1) is 33.9. The molecular weight excluding hydrogens is 546 g/mol. The molecule has 0 unspecified atom stereocenters. The van der Waals surface area contributed by atoms with Gasteiger partial charge in [0.05, 0.1) is 19.3 Å². The highest BCUT2D eigenvalue weighted by Gasteiger charge is 2.32. The fourth-order valence-corrected chi connectivity index (χ4v) is 5.30. The summed E-state index contributed by atoms with van der Waals surface area (Å²) in [7, 11) is 1.47. The first-order valence-electron chi connectivity index (χ1n) is 15.2. The van der Waals surface area contributed by atoms with Crippen molar-refractivity contribution >= 4 is 11.9 Å². The quantitative estimate of drug-likeness (QED) is 0.210. The molecule has 0 radical (unpaired) electrons. The van der Waals surface area contributed by atoms with Crippen molar-refractivity contribution in [1.82, 2.24) is 5.32 Å². The van der Waals surface area contributed by atoms with Crippen LogP contribution in [0.4, 0.5) is 0 Å². The van der Waals surface area contributed by atoms with Crippen molar-refractivity contribution in [3.05, 3.63) is 83.5 Å². The second-order valence-corrected chi connectivity index (χ2v) is 11.6. The molecule has 6 atom stereocenters. The summed E-state index contributed by atoms with van der Waals surface area (Å²) in [4.78, 5) is 25.6. The van der Waals surface area contributed by atoms with E-state index in [-0.39, 0.29) is 35.5 Å². The fourth-order valence-electron chi connectivity index (χ4n) is 5.30. The van der Waals surface area contributed by atoms with Gasteiger partial charge >= 0.3 is 5.97 Å². The van der Waals surface area contributed by atoms with Crippen molar-refractivity contribution in [2.45, 2.75) is 77.6 Å². The Labute approximate surface area is 255 Å². The summed E-state index contributed by atoms with van der Waals surface area (Å²) in [5, 5.41) is 35.6. The lowest BCUT2D eigenvalue weighted by Crippen LogP contribution is -2.37. The number of phenols is 1. The molecule has 8 nitrogen and oxygen atoms in total. The number of aromatic hydroxyl groups is 1. The minimum absolute atomic E-state index is 0.00471. The number of allylic oxidation sites excluding steroid dienone is 2. The van der Waals surface area contributed by atoms with Crippen LogP contribution in [0.1, 0.15) is 67.9 Å². The summed E-state index contributed by atoms with van der Waals surface area (Å²) < 4.78 is 11.2. The van der Waals surface area contributed by atoms with Gasteiger partial charge in [0.25, 0.3) is 0 Å². The van der Waals surface area contributed by atoms with Gasteiger partial charge in [-0.2, -0.15) is 0 Å². The molecule has 2 aromatic rings. The van der Waals surface area contributed by atoms with Gasteiger partial charge in [-0.05, 0) is 54.7 Å². The van der Waals surface area contributed by atoms with Crippen LogP contribution in [-0.4, -0.2) is 59.2 Å². The van der Waals surface area contributed by atoms with Gasteiger partial charge in [-0.1, -0.05) is 75.4 Å². The largest absolute Gasteiger partial charge is 0.507 e. The number of rotatable bonds is 11. The number of cyclic esters (lactones) is 1. The van der Waals surface area contributed by atoms with E-state index in [1.807, 2.05) is 75.4 Å². The van der Waals surface area contributed by atoms with E-state index in [0.29, 0.717) is 50.0 Å². The topological polar surface area (TPSA) is 125 Å². The average Bonchev–Trinajstić information content (AvgIpc) is 2.99. The van der Waals surface area contributed by atoms with Crippen LogP contribution in [-0.2, 0) is 22.4 Å². The molecule has 1 amide bonds. The van der Waals surface area contributed by atoms with Gasteiger partial charge in [0.2, 0.25) is 5.91 Å². The zero-order chi connectivity index (χ0) is 31.4. The summed E-state index contributed by atoms with van der Waals surface area (Å²) in [6.45, 7) is 6.15. The molecule has 43 heavy (non-hydrogen) atoms. The number of hydrogen-bond donors (Lipinski definition) is 4. The van der Waals surface area contributed by atoms with Crippen LogP contribution < -0.4 is 10.1 Å². The molecule has 0 saturated carbocycles. The molecule has 0 fully saturated rings. The molecule has 0 aliphatic carbocycles. The van der Waals surface area contributed by atoms with Crippen LogP contribution in [0, 0.1) is 17.8 Å². The highest BCUT2D eigenvalue weighted by Crippen LogP contribution is 2.33. The molecule has 2 aromatic carbocycles. The van der Waals surface area contributed by atoms with Crippen LogP contribution in [0.3, 0.4) is 0 Å².